The normalized spacial score (nSPS) is 20.6. The number of rotatable bonds is 5. The zero-order chi connectivity index (χ0) is 16.6. The Hall–Kier alpha value is -1.44. The van der Waals surface area contributed by atoms with Crippen LogP contribution in [0.4, 0.5) is 0 Å². The lowest BCUT2D eigenvalue weighted by Crippen LogP contribution is -2.49. The molecule has 7 heteroatoms. The van der Waals surface area contributed by atoms with E-state index in [-0.39, 0.29) is 10.5 Å². The number of carbonyl (C=O) groups is 1. The Balaban J connectivity index is 1.74. The molecule has 1 aromatic carbocycles. The Labute approximate surface area is 136 Å². The third-order valence-corrected chi connectivity index (χ3v) is 6.52. The number of carboxylic acids is 1. The molecule has 0 unspecified atom stereocenters. The van der Waals surface area contributed by atoms with E-state index in [1.165, 1.54) is 29.3 Å². The second-order valence-corrected chi connectivity index (χ2v) is 8.37. The zero-order valence-corrected chi connectivity index (χ0v) is 14.1. The summed E-state index contributed by atoms with van der Waals surface area (Å²) < 4.78 is 26.9. The Morgan fingerprint density at radius 3 is 2.43 bits per heavy atom. The molecule has 0 aromatic heterocycles. The molecule has 0 amide bonds. The average Bonchev–Trinajstić information content (AvgIpc) is 3.31. The van der Waals surface area contributed by atoms with E-state index in [1.807, 2.05) is 0 Å². The molecule has 126 valence electrons. The molecule has 1 heterocycles. The molecule has 2 fully saturated rings. The van der Waals surface area contributed by atoms with Crippen LogP contribution in [0.2, 0.25) is 0 Å². The number of hydrogen-bond acceptors (Lipinski definition) is 4. The summed E-state index contributed by atoms with van der Waals surface area (Å²) in [4.78, 5) is 13.6. The van der Waals surface area contributed by atoms with E-state index in [9.17, 15) is 18.3 Å². The van der Waals surface area contributed by atoms with Gasteiger partial charge in [0.1, 0.15) is 0 Å². The van der Waals surface area contributed by atoms with Gasteiger partial charge < -0.3 is 10.0 Å². The lowest BCUT2D eigenvalue weighted by atomic mass is 10.1. The Bertz CT molecular complexity index is 705. The Morgan fingerprint density at radius 1 is 1.22 bits per heavy atom. The molecule has 0 spiro atoms. The van der Waals surface area contributed by atoms with Gasteiger partial charge in [-0.05, 0) is 43.4 Å². The van der Waals surface area contributed by atoms with Gasteiger partial charge in [-0.25, -0.2) is 13.2 Å². The van der Waals surface area contributed by atoms with Crippen LogP contribution in [0.1, 0.15) is 28.8 Å². The summed E-state index contributed by atoms with van der Waals surface area (Å²) in [6, 6.07) is 4.32. The van der Waals surface area contributed by atoms with Crippen LogP contribution >= 0.6 is 0 Å². The van der Waals surface area contributed by atoms with Crippen molar-refractivity contribution in [2.24, 2.45) is 5.92 Å². The van der Waals surface area contributed by atoms with Crippen molar-refractivity contribution in [3.63, 3.8) is 0 Å². The van der Waals surface area contributed by atoms with E-state index in [2.05, 4.69) is 4.90 Å². The highest BCUT2D eigenvalue weighted by Crippen LogP contribution is 2.30. The van der Waals surface area contributed by atoms with Gasteiger partial charge in [0.25, 0.3) is 0 Å². The third-order valence-electron chi connectivity index (χ3n) is 4.62. The van der Waals surface area contributed by atoms with Crippen LogP contribution < -0.4 is 0 Å². The fraction of sp³-hybridized carbons (Fsp3) is 0.562. The predicted octanol–water partition coefficient (Wildman–Crippen LogP) is 1.41. The molecule has 1 saturated heterocycles. The van der Waals surface area contributed by atoms with E-state index in [0.29, 0.717) is 18.7 Å². The van der Waals surface area contributed by atoms with Crippen molar-refractivity contribution in [1.82, 2.24) is 9.21 Å². The fourth-order valence-corrected chi connectivity index (χ4v) is 4.41. The van der Waals surface area contributed by atoms with Crippen molar-refractivity contribution < 1.29 is 18.3 Å². The monoisotopic (exact) mass is 338 g/mol. The summed E-state index contributed by atoms with van der Waals surface area (Å²) in [5.74, 6) is -0.304. The summed E-state index contributed by atoms with van der Waals surface area (Å²) in [6.07, 6.45) is 2.58. The van der Waals surface area contributed by atoms with E-state index < -0.39 is 16.0 Å². The maximum atomic E-state index is 12.7. The van der Waals surface area contributed by atoms with E-state index in [1.54, 1.807) is 13.0 Å². The minimum Gasteiger partial charge on any atom is -0.478 e. The van der Waals surface area contributed by atoms with Gasteiger partial charge >= 0.3 is 5.97 Å². The van der Waals surface area contributed by atoms with Crippen molar-refractivity contribution >= 4 is 16.0 Å². The van der Waals surface area contributed by atoms with Gasteiger partial charge in [0, 0.05) is 32.7 Å². The highest BCUT2D eigenvalue weighted by Gasteiger charge is 2.31. The molecule has 0 atom stereocenters. The van der Waals surface area contributed by atoms with Crippen LogP contribution in [0.15, 0.2) is 23.1 Å². The Kier molecular flexibility index (Phi) is 4.44. The van der Waals surface area contributed by atoms with Crippen molar-refractivity contribution in [3.05, 3.63) is 29.3 Å². The van der Waals surface area contributed by atoms with Crippen LogP contribution in [0.5, 0.6) is 0 Å². The molecule has 0 bridgehead atoms. The molecule has 1 saturated carbocycles. The predicted molar refractivity (Wildman–Crippen MR) is 86.1 cm³/mol. The molecular formula is C16H22N2O4S. The highest BCUT2D eigenvalue weighted by atomic mass is 32.2. The van der Waals surface area contributed by atoms with Crippen LogP contribution in [0, 0.1) is 12.8 Å². The van der Waals surface area contributed by atoms with E-state index in [4.69, 9.17) is 0 Å². The van der Waals surface area contributed by atoms with Crippen molar-refractivity contribution in [1.29, 1.82) is 0 Å². The van der Waals surface area contributed by atoms with Crippen LogP contribution in [0.25, 0.3) is 0 Å². The lowest BCUT2D eigenvalue weighted by Gasteiger charge is -2.34. The van der Waals surface area contributed by atoms with E-state index >= 15 is 0 Å². The second-order valence-electron chi connectivity index (χ2n) is 6.43. The van der Waals surface area contributed by atoms with Gasteiger partial charge in [0.15, 0.2) is 0 Å². The topological polar surface area (TPSA) is 77.9 Å². The number of aromatic carboxylic acids is 1. The number of nitrogens with zero attached hydrogens (tertiary/aromatic N) is 2. The molecule has 3 rings (SSSR count). The number of piperazine rings is 1. The van der Waals surface area contributed by atoms with Crippen molar-refractivity contribution in [2.45, 2.75) is 24.7 Å². The van der Waals surface area contributed by atoms with Gasteiger partial charge in [-0.2, -0.15) is 4.31 Å². The first-order chi connectivity index (χ1) is 10.9. The summed E-state index contributed by atoms with van der Waals surface area (Å²) in [7, 11) is -3.63. The van der Waals surface area contributed by atoms with Gasteiger partial charge in [-0.3, -0.25) is 0 Å². The molecule has 23 heavy (non-hydrogen) atoms. The van der Waals surface area contributed by atoms with Gasteiger partial charge in [-0.1, -0.05) is 6.07 Å². The highest BCUT2D eigenvalue weighted by molar-refractivity contribution is 7.89. The minimum atomic E-state index is -3.63. The van der Waals surface area contributed by atoms with Crippen LogP contribution in [-0.4, -0.2) is 61.4 Å². The number of carboxylic acid groups (broad SMARTS) is 1. The lowest BCUT2D eigenvalue weighted by molar-refractivity contribution is 0.0696. The van der Waals surface area contributed by atoms with Crippen LogP contribution in [0.3, 0.4) is 0 Å². The molecule has 6 nitrogen and oxygen atoms in total. The summed E-state index contributed by atoms with van der Waals surface area (Å²) >= 11 is 0. The molecule has 1 aliphatic heterocycles. The van der Waals surface area contributed by atoms with Crippen molar-refractivity contribution in [2.75, 3.05) is 32.7 Å². The molecule has 1 aromatic rings. The number of hydrogen-bond donors (Lipinski definition) is 1. The maximum absolute atomic E-state index is 12.7. The fourth-order valence-electron chi connectivity index (χ4n) is 2.96. The van der Waals surface area contributed by atoms with Gasteiger partial charge in [-0.15, -0.1) is 0 Å². The van der Waals surface area contributed by atoms with Gasteiger partial charge in [0.2, 0.25) is 10.0 Å². The van der Waals surface area contributed by atoms with Crippen LogP contribution in [-0.2, 0) is 10.0 Å². The molecule has 1 N–H and O–H groups in total. The van der Waals surface area contributed by atoms with E-state index in [0.717, 1.165) is 25.6 Å². The Morgan fingerprint density at radius 2 is 1.87 bits per heavy atom. The van der Waals surface area contributed by atoms with Crippen molar-refractivity contribution in [3.8, 4) is 0 Å². The molecular weight excluding hydrogens is 316 g/mol. The second kappa shape index (κ2) is 6.22. The first-order valence-electron chi connectivity index (χ1n) is 7.94. The number of benzene rings is 1. The molecule has 0 radical (unpaired) electrons. The number of sulfonamides is 1. The van der Waals surface area contributed by atoms with Gasteiger partial charge in [0.05, 0.1) is 10.5 Å². The molecule has 1 aliphatic carbocycles. The smallest absolute Gasteiger partial charge is 0.335 e. The maximum Gasteiger partial charge on any atom is 0.335 e. The summed E-state index contributed by atoms with van der Waals surface area (Å²) in [5.41, 5.74) is 0.601. The first-order valence-corrected chi connectivity index (χ1v) is 9.38. The molecule has 2 aliphatic rings. The quantitative estimate of drug-likeness (QED) is 0.878. The third kappa shape index (κ3) is 3.57. The first kappa shape index (κ1) is 16.4. The average molecular weight is 338 g/mol. The SMILES string of the molecule is Cc1ccc(S(=O)(=O)N2CCN(CC3CC3)CC2)cc1C(=O)O. The number of aryl methyl sites for hydroxylation is 1. The zero-order valence-electron chi connectivity index (χ0n) is 13.2. The standard InChI is InChI=1S/C16H22N2O4S/c1-12-2-5-14(10-15(12)16(19)20)23(21,22)18-8-6-17(7-9-18)11-13-3-4-13/h2,5,10,13H,3-4,6-9,11H2,1H3,(H,19,20). The largest absolute Gasteiger partial charge is 0.478 e. The summed E-state index contributed by atoms with van der Waals surface area (Å²) in [5, 5.41) is 9.18. The minimum absolute atomic E-state index is 0.0402. The summed E-state index contributed by atoms with van der Waals surface area (Å²) in [6.45, 7) is 5.15.